The van der Waals surface area contributed by atoms with Gasteiger partial charge in [0.2, 0.25) is 11.8 Å². The molecule has 2 atom stereocenters. The van der Waals surface area contributed by atoms with Gasteiger partial charge in [0.25, 0.3) is 0 Å². The van der Waals surface area contributed by atoms with E-state index in [1.54, 1.807) is 0 Å². The SMILES string of the molecule is C=C(CC(C)C)C(C)C.CC(C)/C=C/C(C)C.CC(C)CC(=O)C(C)C.CC(C)CNC(C)C.CC(C)CS(=O)C(C)C.CC(C)NC(=O)C(C)C.CC(C)NC(=O)C(C)C.CC(C)NC(=S)C(C)C.CC(C)OC(=O)C(C)C.CC(C)SC(=O)C(C)C.CC(C)SC(C)C(C)C.CCCC. The lowest BCUT2D eigenvalue weighted by Crippen LogP contribution is -2.33. The fourth-order valence-electron chi connectivity index (χ4n) is 5.51. The van der Waals surface area contributed by atoms with Crippen molar-refractivity contribution in [3.05, 3.63) is 24.3 Å². The average Bonchev–Trinajstić information content (AvgIpc) is 3.58. The summed E-state index contributed by atoms with van der Waals surface area (Å²) in [6, 6.07) is 1.64. The van der Waals surface area contributed by atoms with Crippen molar-refractivity contribution in [3.63, 3.8) is 0 Å². The van der Waals surface area contributed by atoms with Gasteiger partial charge in [-0.25, -0.2) is 0 Å². The van der Waals surface area contributed by atoms with E-state index in [1.165, 1.54) is 36.6 Å². The molecule has 0 saturated heterocycles. The molecule has 0 saturated carbocycles. The molecule has 0 aliphatic carbocycles. The van der Waals surface area contributed by atoms with Gasteiger partial charge in [-0.15, -0.1) is 0 Å². The molecule has 0 rings (SSSR count). The second-order valence-corrected chi connectivity index (χ2v) is 39.3. The average molecular weight is 1510 g/mol. The lowest BCUT2D eigenvalue weighted by atomic mass is 9.96. The Morgan fingerprint density at radius 2 is 0.802 bits per heavy atom. The number of carbonyl (C=O) groups is 5. The first kappa shape index (κ1) is 126. The zero-order valence-corrected chi connectivity index (χ0v) is 79.6. The molecule has 2 amide bonds. The maximum atomic E-state index is 11.1. The molecule has 4 N–H and O–H groups in total. The molecular weight excluding hydrogens is 1330 g/mol. The van der Waals surface area contributed by atoms with Gasteiger partial charge in [-0.1, -0.05) is 331 Å². The van der Waals surface area contributed by atoms with Gasteiger partial charge >= 0.3 is 5.97 Å². The second-order valence-electron chi connectivity index (χ2n) is 33.3. The van der Waals surface area contributed by atoms with Crippen LogP contribution in [0.5, 0.6) is 0 Å². The third kappa shape index (κ3) is 138. The molecular formula is C86H184N4O7S4. The van der Waals surface area contributed by atoms with Gasteiger partial charge < -0.3 is 26.0 Å². The number of thiocarbonyl (C=S) groups is 1. The highest BCUT2D eigenvalue weighted by molar-refractivity contribution is 8.14. The molecule has 0 aromatic rings. The zero-order chi connectivity index (χ0) is 83.5. The molecule has 11 nitrogen and oxygen atoms in total. The van der Waals surface area contributed by atoms with Crippen LogP contribution in [0.25, 0.3) is 0 Å². The molecule has 0 bridgehead atoms. The lowest BCUT2D eigenvalue weighted by Gasteiger charge is -2.16. The summed E-state index contributed by atoms with van der Waals surface area (Å²) < 4.78 is 15.9. The third-order valence-corrected chi connectivity index (χ3v) is 17.3. The van der Waals surface area contributed by atoms with Crippen LogP contribution in [0.15, 0.2) is 24.3 Å². The van der Waals surface area contributed by atoms with Crippen molar-refractivity contribution in [2.75, 3.05) is 12.3 Å². The normalized spacial score (nSPS) is 11.5. The zero-order valence-electron chi connectivity index (χ0n) is 76.4. The van der Waals surface area contributed by atoms with Crippen LogP contribution in [-0.2, 0) is 39.5 Å². The molecule has 0 spiro atoms. The fourth-order valence-corrected chi connectivity index (χ4v) is 8.70. The summed E-state index contributed by atoms with van der Waals surface area (Å²) in [7, 11) is -0.602. The Balaban J connectivity index is -0.0000000858. The Morgan fingerprint density at radius 1 is 0.436 bits per heavy atom. The topological polar surface area (TPSA) is 160 Å². The van der Waals surface area contributed by atoms with Crippen LogP contribution in [0.2, 0.25) is 0 Å². The van der Waals surface area contributed by atoms with Crippen molar-refractivity contribution in [2.24, 2.45) is 82.9 Å². The number of allylic oxidation sites excluding steroid dienone is 3. The predicted molar refractivity (Wildman–Crippen MR) is 471 cm³/mol. The molecule has 0 aromatic heterocycles. The quantitative estimate of drug-likeness (QED) is 0.0334. The number of amides is 2. The number of Topliss-reactive ketones (excluding diaryl/α,β-unsaturated/α-hetero) is 1. The highest BCUT2D eigenvalue weighted by Gasteiger charge is 2.13. The molecule has 0 heterocycles. The molecule has 0 aliphatic rings. The number of ketones is 1. The van der Waals surface area contributed by atoms with Crippen molar-refractivity contribution in [1.82, 2.24) is 21.3 Å². The van der Waals surface area contributed by atoms with E-state index in [9.17, 15) is 28.2 Å². The Bertz CT molecular complexity index is 1580. The monoisotopic (exact) mass is 1510 g/mol. The maximum Gasteiger partial charge on any atom is 0.308 e. The summed E-state index contributed by atoms with van der Waals surface area (Å²) in [5.41, 5.74) is 1.38. The van der Waals surface area contributed by atoms with E-state index >= 15 is 0 Å². The van der Waals surface area contributed by atoms with Crippen molar-refractivity contribution in [1.29, 1.82) is 0 Å². The Hall–Kier alpha value is -2.07. The fraction of sp³-hybridized carbons (Fsp3) is 0.884. The predicted octanol–water partition coefficient (Wildman–Crippen LogP) is 25.0. The van der Waals surface area contributed by atoms with Gasteiger partial charge in [-0.2, -0.15) is 11.8 Å². The van der Waals surface area contributed by atoms with Gasteiger partial charge in [0.1, 0.15) is 5.78 Å². The van der Waals surface area contributed by atoms with E-state index in [-0.39, 0.29) is 65.6 Å². The van der Waals surface area contributed by atoms with Crippen LogP contribution >= 0.6 is 35.7 Å². The number of rotatable bonds is 28. The molecule has 0 fully saturated rings. The summed E-state index contributed by atoms with van der Waals surface area (Å²) in [6.45, 7) is 103. The van der Waals surface area contributed by atoms with E-state index in [4.69, 9.17) is 17.0 Å². The molecule has 614 valence electrons. The van der Waals surface area contributed by atoms with Gasteiger partial charge in [-0.3, -0.25) is 28.2 Å². The van der Waals surface area contributed by atoms with Crippen molar-refractivity contribution in [3.8, 4) is 0 Å². The number of thioether (sulfide) groups is 2. The molecule has 0 aliphatic heterocycles. The smallest absolute Gasteiger partial charge is 0.308 e. The lowest BCUT2D eigenvalue weighted by molar-refractivity contribution is -0.151. The minimum Gasteiger partial charge on any atom is -0.463 e. The number of esters is 1. The summed E-state index contributed by atoms with van der Waals surface area (Å²) in [4.78, 5) is 55.2. The number of hydrogen-bond donors (Lipinski definition) is 4. The Kier molecular flexibility index (Phi) is 102. The minimum atomic E-state index is -0.602. The highest BCUT2D eigenvalue weighted by atomic mass is 32.2. The number of hydrogen-bond acceptors (Lipinski definition) is 11. The Labute approximate surface area is 652 Å². The van der Waals surface area contributed by atoms with Crippen molar-refractivity contribution >= 4 is 80.2 Å². The van der Waals surface area contributed by atoms with Crippen molar-refractivity contribution in [2.45, 2.75) is 402 Å². The Morgan fingerprint density at radius 3 is 0.901 bits per heavy atom. The van der Waals surface area contributed by atoms with E-state index in [1.807, 2.05) is 138 Å². The standard InChI is InChI=1S/C9H18.C8H16O.C8H18S.C8H16.2C7H15NO.C7H15NS.C7H17N.C7H14O2.C7H16OS.C7H14OS.C4H10/c1-7(2)6-9(5)8(3)4;1-6(2)5-8(9)7(3)4;1-6(2)8(5)9-7(3)4;1-7(2)5-6-8(3)4;3*1-5(2)7(9)8-6(3)4;1-6(2)5-8-7(3)4;1-5(2)7(8)9-6(3)4;1-6(2)5-9(8)7(3)4;1-5(2)7(8)9-6(3)4;1-3-4-2/h7-8H,5-6H2,1-4H3;6-7H,5H2,1-4H3;6-8H,1-5H3;5-8H,1-4H3;3*5-6H,1-4H3,(H,8,9);6-8H,5H2,1-4H3;5-6H,1-4H3;6-7H,5H2,1-4H3;5-6H,1-4H3;3-4H2,1-2H3/b;;;6-5+;;;;;;;;. The molecule has 101 heavy (non-hydrogen) atoms. The van der Waals surface area contributed by atoms with Crippen LogP contribution < -0.4 is 21.3 Å². The molecule has 0 aromatic carbocycles. The number of carbonyl (C=O) groups excluding carboxylic acids is 5. The number of nitrogens with one attached hydrogen (secondary N) is 4. The summed E-state index contributed by atoms with van der Waals surface area (Å²) in [5.74, 6) is 7.94. The summed E-state index contributed by atoms with van der Waals surface area (Å²) >= 11 is 8.53. The minimum absolute atomic E-state index is 0.00704. The first-order chi connectivity index (χ1) is 45.5. The largest absolute Gasteiger partial charge is 0.463 e. The van der Waals surface area contributed by atoms with Crippen LogP contribution in [0.1, 0.15) is 351 Å². The summed E-state index contributed by atoms with van der Waals surface area (Å²) in [6.07, 6.45) is 9.05. The van der Waals surface area contributed by atoms with E-state index in [0.717, 1.165) is 52.0 Å². The van der Waals surface area contributed by atoms with Crippen LogP contribution in [0.3, 0.4) is 0 Å². The van der Waals surface area contributed by atoms with Gasteiger partial charge in [0, 0.05) is 92.5 Å². The first-order valence-corrected chi connectivity index (χ1v) is 43.1. The first-order valence-electron chi connectivity index (χ1n) is 39.5. The second kappa shape index (κ2) is 82.0. The van der Waals surface area contributed by atoms with E-state index < -0.39 is 10.8 Å². The summed E-state index contributed by atoms with van der Waals surface area (Å²) in [5, 5.41) is 14.8. The van der Waals surface area contributed by atoms with Gasteiger partial charge in [0.15, 0.2) is 5.12 Å². The number of unbranched alkanes of at least 4 members (excludes halogenated alkanes) is 1. The van der Waals surface area contributed by atoms with Gasteiger partial charge in [0.05, 0.1) is 17.0 Å². The molecule has 2 unspecified atom stereocenters. The third-order valence-electron chi connectivity index (χ3n) is 12.0. The molecule has 0 radical (unpaired) electrons. The van der Waals surface area contributed by atoms with E-state index in [0.29, 0.717) is 69.0 Å². The van der Waals surface area contributed by atoms with E-state index in [2.05, 4.69) is 239 Å². The van der Waals surface area contributed by atoms with Crippen molar-refractivity contribution < 1.29 is 32.9 Å². The van der Waals surface area contributed by atoms with Gasteiger partial charge in [-0.05, 0) is 121 Å². The molecule has 15 heteroatoms. The number of ether oxygens (including phenoxy) is 1. The van der Waals surface area contributed by atoms with Crippen LogP contribution in [-0.4, -0.2) is 101 Å². The van der Waals surface area contributed by atoms with Crippen LogP contribution in [0, 0.1) is 82.9 Å². The van der Waals surface area contributed by atoms with Crippen LogP contribution in [0.4, 0.5) is 0 Å². The maximum absolute atomic E-state index is 11.1. The highest BCUT2D eigenvalue weighted by Crippen LogP contribution is 2.23.